The zero-order valence-electron chi connectivity index (χ0n) is 25.4. The van der Waals surface area contributed by atoms with Crippen molar-refractivity contribution >= 4 is 22.9 Å². The molecule has 0 bridgehead atoms. The lowest BCUT2D eigenvalue weighted by Crippen LogP contribution is -2.36. The first-order valence-electron chi connectivity index (χ1n) is 14.7. The van der Waals surface area contributed by atoms with Gasteiger partial charge in [-0.2, -0.15) is 0 Å². The van der Waals surface area contributed by atoms with Crippen LogP contribution < -0.4 is 9.47 Å². The third-order valence-corrected chi connectivity index (χ3v) is 8.36. The maximum atomic E-state index is 11.4. The predicted molar refractivity (Wildman–Crippen MR) is 176 cm³/mol. The molecule has 2 heterocycles. The fourth-order valence-electron chi connectivity index (χ4n) is 4.84. The van der Waals surface area contributed by atoms with Gasteiger partial charge in [-0.15, -0.1) is 11.3 Å². The third-order valence-electron chi connectivity index (χ3n) is 7.31. The van der Waals surface area contributed by atoms with Crippen molar-refractivity contribution in [2.24, 2.45) is 0 Å². The molecule has 44 heavy (non-hydrogen) atoms. The standard InChI is InChI=1S/C37H37NO5S/c1-27-25-33(15-16-35(27)43-26-37(39)40-3)42-22-18-34(31-11-13-32(14-12-31)36-17-6-28(2)44-36)30-9-7-29(8-10-30)5-4-19-38-20-23-41-24-21-38/h6-18,25H,19-24,26H2,1-3H3. The van der Waals surface area contributed by atoms with Crippen LogP contribution in [0.25, 0.3) is 16.0 Å². The Morgan fingerprint density at radius 3 is 2.32 bits per heavy atom. The number of benzene rings is 3. The van der Waals surface area contributed by atoms with E-state index in [1.807, 2.05) is 25.1 Å². The number of ether oxygens (including phenoxy) is 4. The minimum atomic E-state index is -0.422. The molecule has 0 spiro atoms. The fourth-order valence-corrected chi connectivity index (χ4v) is 5.72. The van der Waals surface area contributed by atoms with Crippen molar-refractivity contribution < 1.29 is 23.7 Å². The van der Waals surface area contributed by atoms with Gasteiger partial charge in [0.15, 0.2) is 6.61 Å². The quantitative estimate of drug-likeness (QED) is 0.146. The molecule has 1 aliphatic heterocycles. The Bertz CT molecular complexity index is 1640. The largest absolute Gasteiger partial charge is 0.489 e. The summed E-state index contributed by atoms with van der Waals surface area (Å²) in [6.45, 7) is 8.47. The van der Waals surface area contributed by atoms with Gasteiger partial charge in [0, 0.05) is 28.4 Å². The summed E-state index contributed by atoms with van der Waals surface area (Å²) in [7, 11) is 1.34. The van der Waals surface area contributed by atoms with E-state index in [-0.39, 0.29) is 6.61 Å². The van der Waals surface area contributed by atoms with Gasteiger partial charge in [0.05, 0.1) is 26.9 Å². The smallest absolute Gasteiger partial charge is 0.343 e. The number of thiophene rings is 1. The third kappa shape index (κ3) is 8.61. The van der Waals surface area contributed by atoms with Crippen LogP contribution in [-0.2, 0) is 14.3 Å². The van der Waals surface area contributed by atoms with Crippen molar-refractivity contribution in [2.75, 3.05) is 53.2 Å². The lowest BCUT2D eigenvalue weighted by Gasteiger charge is -2.24. The summed E-state index contributed by atoms with van der Waals surface area (Å²) in [5, 5.41) is 0. The number of hydrogen-bond donors (Lipinski definition) is 0. The van der Waals surface area contributed by atoms with Gasteiger partial charge in [0.25, 0.3) is 0 Å². The van der Waals surface area contributed by atoms with E-state index in [2.05, 4.69) is 95.1 Å². The van der Waals surface area contributed by atoms with Crippen molar-refractivity contribution in [2.45, 2.75) is 13.8 Å². The maximum absolute atomic E-state index is 11.4. The first-order chi connectivity index (χ1) is 21.5. The molecule has 0 aliphatic carbocycles. The topological polar surface area (TPSA) is 57.2 Å². The number of morpholine rings is 1. The molecule has 1 aliphatic rings. The van der Waals surface area contributed by atoms with Gasteiger partial charge in [-0.3, -0.25) is 4.90 Å². The van der Waals surface area contributed by atoms with Crippen LogP contribution in [-0.4, -0.2) is 64.0 Å². The Kier molecular flexibility index (Phi) is 10.9. The lowest BCUT2D eigenvalue weighted by molar-refractivity contribution is -0.142. The van der Waals surface area contributed by atoms with Crippen LogP contribution in [0.5, 0.6) is 11.5 Å². The average Bonchev–Trinajstić information content (AvgIpc) is 3.50. The number of esters is 1. The Morgan fingerprint density at radius 1 is 0.932 bits per heavy atom. The Hall–Kier alpha value is -4.35. The van der Waals surface area contributed by atoms with Crippen LogP contribution in [0.4, 0.5) is 0 Å². The summed E-state index contributed by atoms with van der Waals surface area (Å²) >= 11 is 1.80. The summed E-state index contributed by atoms with van der Waals surface area (Å²) in [5.74, 6) is 7.53. The van der Waals surface area contributed by atoms with E-state index in [4.69, 9.17) is 14.2 Å². The summed E-state index contributed by atoms with van der Waals surface area (Å²) in [4.78, 5) is 16.3. The molecule has 0 atom stereocenters. The molecule has 0 radical (unpaired) electrons. The predicted octanol–water partition coefficient (Wildman–Crippen LogP) is 6.78. The van der Waals surface area contributed by atoms with E-state index < -0.39 is 5.97 Å². The molecule has 1 fully saturated rings. The van der Waals surface area contributed by atoms with Crippen LogP contribution in [0, 0.1) is 25.7 Å². The second kappa shape index (κ2) is 15.4. The highest BCUT2D eigenvalue weighted by atomic mass is 32.1. The highest BCUT2D eigenvalue weighted by Crippen LogP contribution is 2.31. The van der Waals surface area contributed by atoms with Gasteiger partial charge in [-0.1, -0.05) is 48.2 Å². The van der Waals surface area contributed by atoms with E-state index in [1.165, 1.54) is 22.4 Å². The number of methoxy groups -OCH3 is 1. The number of carbonyl (C=O) groups is 1. The highest BCUT2D eigenvalue weighted by molar-refractivity contribution is 7.15. The number of aryl methyl sites for hydroxylation is 2. The highest BCUT2D eigenvalue weighted by Gasteiger charge is 2.10. The SMILES string of the molecule is COC(=O)COc1ccc(OCC=C(c2ccc(C#CCN3CCOCC3)cc2)c2ccc(-c3ccc(C)s3)cc2)cc1C. The van der Waals surface area contributed by atoms with Gasteiger partial charge >= 0.3 is 5.97 Å². The van der Waals surface area contributed by atoms with E-state index in [1.54, 1.807) is 11.3 Å². The van der Waals surface area contributed by atoms with Gasteiger partial charge in [-0.25, -0.2) is 4.79 Å². The number of nitrogens with zero attached hydrogens (tertiary/aromatic N) is 1. The summed E-state index contributed by atoms with van der Waals surface area (Å²) < 4.78 is 21.8. The summed E-state index contributed by atoms with van der Waals surface area (Å²) in [6, 6.07) is 27.0. The van der Waals surface area contributed by atoms with Crippen LogP contribution in [0.1, 0.15) is 27.1 Å². The molecule has 6 nitrogen and oxygen atoms in total. The van der Waals surface area contributed by atoms with Gasteiger partial charge < -0.3 is 18.9 Å². The summed E-state index contributed by atoms with van der Waals surface area (Å²) in [6.07, 6.45) is 2.11. The second-order valence-electron chi connectivity index (χ2n) is 10.5. The molecule has 226 valence electrons. The molecule has 0 N–H and O–H groups in total. The van der Waals surface area contributed by atoms with Crippen molar-refractivity contribution in [3.05, 3.63) is 112 Å². The molecule has 7 heteroatoms. The maximum Gasteiger partial charge on any atom is 0.343 e. The molecule has 1 saturated heterocycles. The number of carbonyl (C=O) groups excluding carboxylic acids is 1. The van der Waals surface area contributed by atoms with Crippen molar-refractivity contribution in [3.8, 4) is 33.8 Å². The molecule has 0 unspecified atom stereocenters. The Labute approximate surface area is 263 Å². The molecule has 4 aromatic rings. The zero-order chi connectivity index (χ0) is 30.7. The van der Waals surface area contributed by atoms with E-state index in [0.717, 1.165) is 66.4 Å². The average molecular weight is 608 g/mol. The molecule has 5 rings (SSSR count). The van der Waals surface area contributed by atoms with Crippen LogP contribution in [0.15, 0.2) is 84.9 Å². The Morgan fingerprint density at radius 2 is 1.66 bits per heavy atom. The van der Waals surface area contributed by atoms with Gasteiger partial charge in [-0.05, 0) is 90.2 Å². The van der Waals surface area contributed by atoms with E-state index in [9.17, 15) is 4.79 Å². The minimum absolute atomic E-state index is 0.132. The van der Waals surface area contributed by atoms with Gasteiger partial charge in [0.1, 0.15) is 18.1 Å². The van der Waals surface area contributed by atoms with Crippen molar-refractivity contribution in [1.82, 2.24) is 4.90 Å². The number of hydrogen-bond acceptors (Lipinski definition) is 7. The fraction of sp³-hybridized carbons (Fsp3) is 0.270. The van der Waals surface area contributed by atoms with E-state index >= 15 is 0 Å². The van der Waals surface area contributed by atoms with Crippen molar-refractivity contribution in [3.63, 3.8) is 0 Å². The normalized spacial score (nSPS) is 13.6. The molecular weight excluding hydrogens is 570 g/mol. The minimum Gasteiger partial charge on any atom is -0.489 e. The van der Waals surface area contributed by atoms with Gasteiger partial charge in [0.2, 0.25) is 0 Å². The molecule has 0 saturated carbocycles. The van der Waals surface area contributed by atoms with Crippen LogP contribution in [0.2, 0.25) is 0 Å². The molecular formula is C37H37NO5S. The first-order valence-corrected chi connectivity index (χ1v) is 15.5. The lowest BCUT2D eigenvalue weighted by atomic mass is 9.95. The van der Waals surface area contributed by atoms with Crippen molar-refractivity contribution in [1.29, 1.82) is 0 Å². The zero-order valence-corrected chi connectivity index (χ0v) is 26.2. The Balaban J connectivity index is 1.32. The van der Waals surface area contributed by atoms with Crippen LogP contribution >= 0.6 is 11.3 Å². The molecule has 3 aromatic carbocycles. The first kappa shape index (κ1) is 31.1. The monoisotopic (exact) mass is 607 g/mol. The van der Waals surface area contributed by atoms with Crippen LogP contribution in [0.3, 0.4) is 0 Å². The summed E-state index contributed by atoms with van der Waals surface area (Å²) in [5.41, 5.74) is 6.36. The molecule has 1 aromatic heterocycles. The molecule has 0 amide bonds. The number of rotatable bonds is 10. The second-order valence-corrected chi connectivity index (χ2v) is 11.8. The van der Waals surface area contributed by atoms with E-state index in [0.29, 0.717) is 12.4 Å².